The number of sulfonamides is 1. The Bertz CT molecular complexity index is 889. The minimum atomic E-state index is -4.05. The summed E-state index contributed by atoms with van der Waals surface area (Å²) in [5.74, 6) is -2.43. The van der Waals surface area contributed by atoms with Gasteiger partial charge in [-0.15, -0.1) is 0 Å². The van der Waals surface area contributed by atoms with Gasteiger partial charge in [-0.3, -0.25) is 4.72 Å². The molecule has 3 N–H and O–H groups in total. The number of hydrogen-bond acceptors (Lipinski definition) is 4. The maximum absolute atomic E-state index is 12.4. The van der Waals surface area contributed by atoms with Crippen LogP contribution in [0.4, 0.5) is 5.69 Å². The van der Waals surface area contributed by atoms with Gasteiger partial charge in [0.1, 0.15) is 0 Å². The van der Waals surface area contributed by atoms with E-state index in [2.05, 4.69) is 4.72 Å². The van der Waals surface area contributed by atoms with Gasteiger partial charge in [0.2, 0.25) is 0 Å². The predicted octanol–water partition coefficient (Wildman–Crippen LogP) is 2.19. The molecule has 0 aliphatic carbocycles. The van der Waals surface area contributed by atoms with Crippen LogP contribution in [-0.2, 0) is 10.0 Å². The Kier molecular flexibility index (Phi) is 4.37. The molecule has 0 aliphatic heterocycles. The number of carboxylic acid groups (broad SMARTS) is 2. The zero-order chi connectivity index (χ0) is 17.2. The molecule has 0 bridgehead atoms. The third-order valence-corrected chi connectivity index (χ3v) is 4.61. The molecule has 8 heteroatoms. The molecule has 2 aromatic rings. The van der Waals surface area contributed by atoms with Crippen LogP contribution in [0.5, 0.6) is 0 Å². The van der Waals surface area contributed by atoms with E-state index in [-0.39, 0.29) is 21.7 Å². The van der Waals surface area contributed by atoms with Crippen molar-refractivity contribution in [2.45, 2.75) is 11.8 Å². The van der Waals surface area contributed by atoms with Crippen molar-refractivity contribution >= 4 is 27.6 Å². The molecule has 120 valence electrons. The van der Waals surface area contributed by atoms with E-state index in [1.54, 1.807) is 0 Å². The number of anilines is 1. The van der Waals surface area contributed by atoms with Gasteiger partial charge >= 0.3 is 11.9 Å². The average molecular weight is 335 g/mol. The van der Waals surface area contributed by atoms with Gasteiger partial charge in [-0.1, -0.05) is 12.1 Å². The van der Waals surface area contributed by atoms with Crippen molar-refractivity contribution in [1.29, 1.82) is 0 Å². The first-order valence-electron chi connectivity index (χ1n) is 6.41. The fourth-order valence-corrected chi connectivity index (χ4v) is 3.27. The highest BCUT2D eigenvalue weighted by Crippen LogP contribution is 2.21. The average Bonchev–Trinajstić information content (AvgIpc) is 2.47. The molecule has 7 nitrogen and oxygen atoms in total. The first-order chi connectivity index (χ1) is 10.7. The Hall–Kier alpha value is -2.87. The van der Waals surface area contributed by atoms with Crippen LogP contribution in [0.1, 0.15) is 26.3 Å². The number of rotatable bonds is 5. The van der Waals surface area contributed by atoms with Crippen LogP contribution < -0.4 is 4.72 Å². The Labute approximate surface area is 132 Å². The Balaban J connectivity index is 2.43. The molecule has 2 rings (SSSR count). The summed E-state index contributed by atoms with van der Waals surface area (Å²) in [6.45, 7) is 1.54. The van der Waals surface area contributed by atoms with Gasteiger partial charge in [-0.2, -0.15) is 0 Å². The summed E-state index contributed by atoms with van der Waals surface area (Å²) in [5, 5.41) is 17.9. The molecule has 0 unspecified atom stereocenters. The van der Waals surface area contributed by atoms with Crippen molar-refractivity contribution in [2.24, 2.45) is 0 Å². The van der Waals surface area contributed by atoms with Crippen molar-refractivity contribution < 1.29 is 28.2 Å². The summed E-state index contributed by atoms with van der Waals surface area (Å²) in [4.78, 5) is 21.7. The minimum Gasteiger partial charge on any atom is -0.478 e. The van der Waals surface area contributed by atoms with Gasteiger partial charge in [-0.05, 0) is 42.8 Å². The van der Waals surface area contributed by atoms with Gasteiger partial charge in [0.05, 0.1) is 16.0 Å². The minimum absolute atomic E-state index is 0.0683. The lowest BCUT2D eigenvalue weighted by Gasteiger charge is -2.11. The van der Waals surface area contributed by atoms with Crippen LogP contribution in [-0.4, -0.2) is 30.6 Å². The number of aromatic carboxylic acids is 2. The lowest BCUT2D eigenvalue weighted by molar-refractivity contribution is 0.0686. The smallest absolute Gasteiger partial charge is 0.335 e. The molecule has 2 aromatic carbocycles. The van der Waals surface area contributed by atoms with E-state index in [9.17, 15) is 18.0 Å². The molecule has 0 aliphatic rings. The van der Waals surface area contributed by atoms with E-state index < -0.39 is 22.0 Å². The molecule has 0 spiro atoms. The molecule has 0 saturated heterocycles. The van der Waals surface area contributed by atoms with Crippen molar-refractivity contribution in [3.05, 3.63) is 59.2 Å². The van der Waals surface area contributed by atoms with E-state index >= 15 is 0 Å². The van der Waals surface area contributed by atoms with E-state index in [4.69, 9.17) is 10.2 Å². The summed E-state index contributed by atoms with van der Waals surface area (Å²) >= 11 is 0. The van der Waals surface area contributed by atoms with Gasteiger partial charge in [0.25, 0.3) is 10.0 Å². The maximum Gasteiger partial charge on any atom is 0.335 e. The summed E-state index contributed by atoms with van der Waals surface area (Å²) in [6.07, 6.45) is 0. The third-order valence-electron chi connectivity index (χ3n) is 3.09. The quantitative estimate of drug-likeness (QED) is 0.770. The van der Waals surface area contributed by atoms with Crippen LogP contribution in [0, 0.1) is 6.92 Å². The monoisotopic (exact) mass is 335 g/mol. The lowest BCUT2D eigenvalue weighted by atomic mass is 10.1. The van der Waals surface area contributed by atoms with Crippen LogP contribution in [0.3, 0.4) is 0 Å². The van der Waals surface area contributed by atoms with Gasteiger partial charge in [0, 0.05) is 5.69 Å². The highest BCUT2D eigenvalue weighted by Gasteiger charge is 2.19. The molecule has 0 amide bonds. The molecule has 0 heterocycles. The first-order valence-corrected chi connectivity index (χ1v) is 7.89. The second-order valence-corrected chi connectivity index (χ2v) is 6.43. The van der Waals surface area contributed by atoms with Gasteiger partial charge in [-0.25, -0.2) is 18.0 Å². The molecule has 0 aromatic heterocycles. The Morgan fingerprint density at radius 2 is 1.57 bits per heavy atom. The fourth-order valence-electron chi connectivity index (χ4n) is 1.95. The number of carbonyl (C=O) groups is 2. The molecule has 0 saturated carbocycles. The van der Waals surface area contributed by atoms with E-state index in [0.29, 0.717) is 5.56 Å². The maximum atomic E-state index is 12.4. The van der Waals surface area contributed by atoms with Crippen LogP contribution >= 0.6 is 0 Å². The molecular weight excluding hydrogens is 322 g/mol. The molecular formula is C15H13NO6S. The number of hydrogen-bond donors (Lipinski definition) is 3. The van der Waals surface area contributed by atoms with Crippen LogP contribution in [0.25, 0.3) is 0 Å². The molecule has 23 heavy (non-hydrogen) atoms. The molecule has 0 radical (unpaired) electrons. The summed E-state index contributed by atoms with van der Waals surface area (Å²) in [5.41, 5.74) is 0.221. The van der Waals surface area contributed by atoms with Gasteiger partial charge in [0.15, 0.2) is 0 Å². The summed E-state index contributed by atoms with van der Waals surface area (Å²) in [7, 11) is -4.05. The predicted molar refractivity (Wildman–Crippen MR) is 82.3 cm³/mol. The van der Waals surface area contributed by atoms with E-state index in [1.165, 1.54) is 43.3 Å². The van der Waals surface area contributed by atoms with Crippen molar-refractivity contribution in [2.75, 3.05) is 4.72 Å². The normalized spacial score (nSPS) is 11.0. The largest absolute Gasteiger partial charge is 0.478 e. The van der Waals surface area contributed by atoms with Gasteiger partial charge < -0.3 is 10.2 Å². The van der Waals surface area contributed by atoms with Crippen molar-refractivity contribution in [1.82, 2.24) is 0 Å². The summed E-state index contributed by atoms with van der Waals surface area (Å²) < 4.78 is 27.1. The number of benzene rings is 2. The SMILES string of the molecule is Cc1ccc(C(=O)O)cc1S(=O)(=O)Nc1cccc(C(=O)O)c1. The standard InChI is InChI=1S/C15H13NO6S/c1-9-5-6-11(15(19)20)8-13(9)23(21,22)16-12-4-2-3-10(7-12)14(17)18/h2-8,16H,1H3,(H,17,18)(H,19,20). The Morgan fingerprint density at radius 1 is 0.957 bits per heavy atom. The number of carboxylic acids is 2. The number of aryl methyl sites for hydroxylation is 1. The Morgan fingerprint density at radius 3 is 2.17 bits per heavy atom. The van der Waals surface area contributed by atoms with E-state index in [0.717, 1.165) is 6.07 Å². The van der Waals surface area contributed by atoms with E-state index in [1.807, 2.05) is 0 Å². The summed E-state index contributed by atoms with van der Waals surface area (Å²) in [6, 6.07) is 9.07. The first kappa shape index (κ1) is 16.5. The second-order valence-electron chi connectivity index (χ2n) is 4.78. The topological polar surface area (TPSA) is 121 Å². The molecule has 0 atom stereocenters. The van der Waals surface area contributed by atoms with Crippen molar-refractivity contribution in [3.63, 3.8) is 0 Å². The third kappa shape index (κ3) is 3.67. The zero-order valence-corrected chi connectivity index (χ0v) is 12.8. The second kappa shape index (κ2) is 6.09. The van der Waals surface area contributed by atoms with Crippen molar-refractivity contribution in [3.8, 4) is 0 Å². The fraction of sp³-hybridized carbons (Fsp3) is 0.0667. The van der Waals surface area contributed by atoms with Crippen LogP contribution in [0.15, 0.2) is 47.4 Å². The highest BCUT2D eigenvalue weighted by atomic mass is 32.2. The number of nitrogens with one attached hydrogen (secondary N) is 1. The highest BCUT2D eigenvalue weighted by molar-refractivity contribution is 7.92. The van der Waals surface area contributed by atoms with Crippen LogP contribution in [0.2, 0.25) is 0 Å². The zero-order valence-electron chi connectivity index (χ0n) is 12.0. The lowest BCUT2D eigenvalue weighted by Crippen LogP contribution is -2.15. The molecule has 0 fully saturated rings.